The first-order valence-electron chi connectivity index (χ1n) is 6.01. The lowest BCUT2D eigenvalue weighted by molar-refractivity contribution is -0.126. The molecule has 2 N–H and O–H groups in total. The molecule has 1 fully saturated rings. The van der Waals surface area contributed by atoms with Gasteiger partial charge in [0.1, 0.15) is 11.8 Å². The minimum atomic E-state index is -0.177. The predicted octanol–water partition coefficient (Wildman–Crippen LogP) is 1.02. The number of aryl methyl sites for hydroxylation is 1. The molecule has 2 heterocycles. The van der Waals surface area contributed by atoms with E-state index in [2.05, 4.69) is 22.5 Å². The topological polar surface area (TPSA) is 67.2 Å². The molecule has 1 aromatic heterocycles. The lowest BCUT2D eigenvalue weighted by Crippen LogP contribution is -2.36. The first-order chi connectivity index (χ1) is 8.08. The fraction of sp³-hybridized carbons (Fsp3) is 0.667. The maximum Gasteiger partial charge on any atom is 0.225 e. The van der Waals surface area contributed by atoms with Crippen molar-refractivity contribution in [3.8, 4) is 0 Å². The first kappa shape index (κ1) is 12.1. The van der Waals surface area contributed by atoms with Crippen molar-refractivity contribution >= 4 is 5.91 Å². The Morgan fingerprint density at radius 2 is 2.41 bits per heavy atom. The second-order valence-corrected chi connectivity index (χ2v) is 4.78. The Morgan fingerprint density at radius 1 is 1.65 bits per heavy atom. The van der Waals surface area contributed by atoms with Crippen molar-refractivity contribution in [2.75, 3.05) is 13.1 Å². The van der Waals surface area contributed by atoms with Crippen LogP contribution in [0.1, 0.15) is 31.5 Å². The quantitative estimate of drug-likeness (QED) is 0.823. The predicted molar refractivity (Wildman–Crippen MR) is 63.3 cm³/mol. The van der Waals surface area contributed by atoms with E-state index in [0.29, 0.717) is 11.8 Å². The normalized spacial score (nSPS) is 25.8. The summed E-state index contributed by atoms with van der Waals surface area (Å²) in [5, 5.41) is 6.17. The number of hydrogen-bond donors (Lipinski definition) is 2. The van der Waals surface area contributed by atoms with Crippen LogP contribution in [-0.2, 0) is 4.79 Å². The third-order valence-corrected chi connectivity index (χ3v) is 3.22. The molecule has 5 nitrogen and oxygen atoms in total. The summed E-state index contributed by atoms with van der Waals surface area (Å²) in [6, 6.07) is -0.177. The van der Waals surface area contributed by atoms with Crippen LogP contribution in [0.4, 0.5) is 0 Å². The Hall–Kier alpha value is -1.36. The van der Waals surface area contributed by atoms with E-state index in [1.165, 1.54) is 0 Å². The highest BCUT2D eigenvalue weighted by Crippen LogP contribution is 2.18. The van der Waals surface area contributed by atoms with Crippen molar-refractivity contribution in [2.45, 2.75) is 26.8 Å². The Morgan fingerprint density at radius 3 is 2.94 bits per heavy atom. The van der Waals surface area contributed by atoms with E-state index in [4.69, 9.17) is 4.42 Å². The third kappa shape index (κ3) is 2.66. The summed E-state index contributed by atoms with van der Waals surface area (Å²) in [4.78, 5) is 16.1. The van der Waals surface area contributed by atoms with Gasteiger partial charge in [0.2, 0.25) is 11.8 Å². The fourth-order valence-electron chi connectivity index (χ4n) is 2.12. The van der Waals surface area contributed by atoms with Crippen LogP contribution < -0.4 is 10.6 Å². The molecule has 1 aliphatic heterocycles. The van der Waals surface area contributed by atoms with Gasteiger partial charge in [-0.2, -0.15) is 0 Å². The molecule has 3 atom stereocenters. The summed E-state index contributed by atoms with van der Waals surface area (Å²) < 4.78 is 5.39. The number of nitrogens with one attached hydrogen (secondary N) is 2. The van der Waals surface area contributed by atoms with Gasteiger partial charge in [0.05, 0.1) is 12.1 Å². The van der Waals surface area contributed by atoms with Crippen molar-refractivity contribution < 1.29 is 9.21 Å². The Kier molecular flexibility index (Phi) is 3.47. The molecular formula is C12H19N3O2. The van der Waals surface area contributed by atoms with Gasteiger partial charge in [0, 0.05) is 6.54 Å². The van der Waals surface area contributed by atoms with Crippen LogP contribution in [0, 0.1) is 18.8 Å². The molecule has 0 bridgehead atoms. The van der Waals surface area contributed by atoms with Crippen LogP contribution in [0.15, 0.2) is 10.6 Å². The van der Waals surface area contributed by atoms with E-state index in [-0.39, 0.29) is 17.9 Å². The zero-order valence-corrected chi connectivity index (χ0v) is 10.5. The highest BCUT2D eigenvalue weighted by Gasteiger charge is 2.30. The van der Waals surface area contributed by atoms with Gasteiger partial charge < -0.3 is 15.1 Å². The van der Waals surface area contributed by atoms with Crippen LogP contribution in [-0.4, -0.2) is 24.0 Å². The molecule has 1 aliphatic rings. The third-order valence-electron chi connectivity index (χ3n) is 3.22. The second kappa shape index (κ2) is 4.87. The van der Waals surface area contributed by atoms with E-state index in [1.54, 1.807) is 6.20 Å². The molecule has 1 amide bonds. The van der Waals surface area contributed by atoms with Crippen LogP contribution >= 0.6 is 0 Å². The van der Waals surface area contributed by atoms with Crippen molar-refractivity contribution in [1.82, 2.24) is 15.6 Å². The van der Waals surface area contributed by atoms with Gasteiger partial charge in [0.15, 0.2) is 0 Å². The average Bonchev–Trinajstić information content (AvgIpc) is 2.86. The number of oxazole rings is 1. The number of amides is 1. The van der Waals surface area contributed by atoms with Gasteiger partial charge in [-0.1, -0.05) is 6.92 Å². The maximum absolute atomic E-state index is 12.0. The fourth-order valence-corrected chi connectivity index (χ4v) is 2.12. The molecule has 5 heteroatoms. The molecule has 0 spiro atoms. The Bertz CT molecular complexity index is 402. The van der Waals surface area contributed by atoms with Crippen molar-refractivity contribution in [2.24, 2.45) is 11.8 Å². The molecular weight excluding hydrogens is 218 g/mol. The van der Waals surface area contributed by atoms with Crippen LogP contribution in [0.2, 0.25) is 0 Å². The Labute approximate surface area is 101 Å². The van der Waals surface area contributed by atoms with Crippen molar-refractivity contribution in [3.05, 3.63) is 17.8 Å². The van der Waals surface area contributed by atoms with Gasteiger partial charge in [-0.3, -0.25) is 4.79 Å². The summed E-state index contributed by atoms with van der Waals surface area (Å²) >= 11 is 0. The number of carbonyl (C=O) groups is 1. The van der Waals surface area contributed by atoms with E-state index in [9.17, 15) is 4.79 Å². The lowest BCUT2D eigenvalue weighted by atomic mass is 9.97. The minimum Gasteiger partial charge on any atom is -0.444 e. The molecule has 1 saturated heterocycles. The van der Waals surface area contributed by atoms with Gasteiger partial charge in [0.25, 0.3) is 0 Å². The van der Waals surface area contributed by atoms with Crippen molar-refractivity contribution in [1.29, 1.82) is 0 Å². The van der Waals surface area contributed by atoms with E-state index in [0.717, 1.165) is 18.8 Å². The summed E-state index contributed by atoms with van der Waals surface area (Å²) in [5.74, 6) is 1.83. The largest absolute Gasteiger partial charge is 0.444 e. The zero-order chi connectivity index (χ0) is 12.4. The zero-order valence-electron chi connectivity index (χ0n) is 10.5. The van der Waals surface area contributed by atoms with E-state index in [1.807, 2.05) is 13.8 Å². The first-order valence-corrected chi connectivity index (χ1v) is 6.01. The molecule has 1 aromatic rings. The standard InChI is InChI=1S/C12H19N3O2/c1-7-4-13-6-10(7)11(16)15-9(3)12-14-5-8(2)17-12/h5,7,9-10,13H,4,6H2,1-3H3,(H,15,16)/t7-,9?,10-/m1/s1. The van der Waals surface area contributed by atoms with Crippen LogP contribution in [0.3, 0.4) is 0 Å². The van der Waals surface area contributed by atoms with Gasteiger partial charge in [-0.15, -0.1) is 0 Å². The van der Waals surface area contributed by atoms with E-state index >= 15 is 0 Å². The summed E-state index contributed by atoms with van der Waals surface area (Å²) in [7, 11) is 0. The second-order valence-electron chi connectivity index (χ2n) is 4.78. The summed E-state index contributed by atoms with van der Waals surface area (Å²) in [5.41, 5.74) is 0. The van der Waals surface area contributed by atoms with E-state index < -0.39 is 0 Å². The number of rotatable bonds is 3. The molecule has 2 rings (SSSR count). The summed E-state index contributed by atoms with van der Waals surface area (Å²) in [6.07, 6.45) is 1.66. The Balaban J connectivity index is 1.94. The van der Waals surface area contributed by atoms with Crippen molar-refractivity contribution in [3.63, 3.8) is 0 Å². The highest BCUT2D eigenvalue weighted by molar-refractivity contribution is 5.79. The number of nitrogens with zero attached hydrogens (tertiary/aromatic N) is 1. The SMILES string of the molecule is Cc1cnc(C(C)NC(=O)[C@@H]2CNC[C@H]2C)o1. The smallest absolute Gasteiger partial charge is 0.225 e. The number of aromatic nitrogens is 1. The van der Waals surface area contributed by atoms with Crippen LogP contribution in [0.5, 0.6) is 0 Å². The molecule has 17 heavy (non-hydrogen) atoms. The van der Waals surface area contributed by atoms with Gasteiger partial charge in [-0.05, 0) is 26.3 Å². The lowest BCUT2D eigenvalue weighted by Gasteiger charge is -2.17. The number of carbonyl (C=O) groups excluding carboxylic acids is 1. The molecule has 1 unspecified atom stereocenters. The highest BCUT2D eigenvalue weighted by atomic mass is 16.4. The minimum absolute atomic E-state index is 0.0495. The monoisotopic (exact) mass is 237 g/mol. The summed E-state index contributed by atoms with van der Waals surface area (Å²) in [6.45, 7) is 7.48. The van der Waals surface area contributed by atoms with Crippen LogP contribution in [0.25, 0.3) is 0 Å². The molecule has 94 valence electrons. The maximum atomic E-state index is 12.0. The molecule has 0 aliphatic carbocycles. The van der Waals surface area contributed by atoms with Gasteiger partial charge in [-0.25, -0.2) is 4.98 Å². The molecule has 0 saturated carbocycles. The molecule has 0 aromatic carbocycles. The average molecular weight is 237 g/mol. The molecule has 0 radical (unpaired) electrons. The van der Waals surface area contributed by atoms with Gasteiger partial charge >= 0.3 is 0 Å². The number of hydrogen-bond acceptors (Lipinski definition) is 4.